The Morgan fingerprint density at radius 1 is 1.00 bits per heavy atom. The van der Waals surface area contributed by atoms with Gasteiger partial charge in [0.05, 0.1) is 0 Å². The molecule has 1 heterocycles. The van der Waals surface area contributed by atoms with E-state index < -0.39 is 0 Å². The molecule has 1 aliphatic heterocycles. The van der Waals surface area contributed by atoms with E-state index in [4.69, 9.17) is 0 Å². The van der Waals surface area contributed by atoms with E-state index in [0.717, 1.165) is 11.8 Å². The summed E-state index contributed by atoms with van der Waals surface area (Å²) in [4.78, 5) is 2.69. The van der Waals surface area contributed by atoms with Crippen LogP contribution in [0.1, 0.15) is 45.4 Å². The number of hydrogen-bond donors (Lipinski definition) is 0. The van der Waals surface area contributed by atoms with Crippen molar-refractivity contribution in [3.63, 3.8) is 0 Å². The van der Waals surface area contributed by atoms with E-state index in [1.165, 1.54) is 51.7 Å². The molecule has 76 valence electrons. The van der Waals surface area contributed by atoms with Gasteiger partial charge in [0.25, 0.3) is 0 Å². The van der Waals surface area contributed by atoms with Gasteiger partial charge in [0, 0.05) is 13.1 Å². The molecular formula is C12H23N. The summed E-state index contributed by atoms with van der Waals surface area (Å²) in [7, 11) is 0. The zero-order chi connectivity index (χ0) is 9.10. The second kappa shape index (κ2) is 4.45. The van der Waals surface area contributed by atoms with Crippen molar-refractivity contribution in [1.29, 1.82) is 0 Å². The highest BCUT2D eigenvalue weighted by Crippen LogP contribution is 2.44. The highest BCUT2D eigenvalue weighted by atomic mass is 15.2. The zero-order valence-corrected chi connectivity index (χ0v) is 8.97. The van der Waals surface area contributed by atoms with Gasteiger partial charge in [-0.05, 0) is 31.2 Å². The van der Waals surface area contributed by atoms with Gasteiger partial charge in [-0.25, -0.2) is 0 Å². The van der Waals surface area contributed by atoms with Crippen LogP contribution in [0.15, 0.2) is 0 Å². The van der Waals surface area contributed by atoms with Crippen molar-refractivity contribution in [2.45, 2.75) is 45.4 Å². The van der Waals surface area contributed by atoms with Crippen molar-refractivity contribution in [2.75, 3.05) is 19.6 Å². The van der Waals surface area contributed by atoms with Crippen molar-refractivity contribution in [3.8, 4) is 0 Å². The van der Waals surface area contributed by atoms with Gasteiger partial charge >= 0.3 is 0 Å². The summed E-state index contributed by atoms with van der Waals surface area (Å²) >= 11 is 0. The Bertz CT molecular complexity index is 145. The van der Waals surface area contributed by atoms with E-state index in [-0.39, 0.29) is 0 Å². The van der Waals surface area contributed by atoms with Crippen LogP contribution in [0.5, 0.6) is 0 Å². The average molecular weight is 181 g/mol. The first kappa shape index (κ1) is 9.51. The third-order valence-electron chi connectivity index (χ3n) is 3.63. The number of fused-ring (bicyclic) bond motifs is 1. The lowest BCUT2D eigenvalue weighted by Gasteiger charge is -2.16. The molecule has 1 saturated carbocycles. The summed E-state index contributed by atoms with van der Waals surface area (Å²) in [5, 5.41) is 0. The molecule has 2 aliphatic rings. The predicted octanol–water partition coefficient (Wildman–Crippen LogP) is 2.91. The Balaban J connectivity index is 1.44. The first-order valence-corrected chi connectivity index (χ1v) is 6.12. The van der Waals surface area contributed by atoms with E-state index in [2.05, 4.69) is 11.8 Å². The van der Waals surface area contributed by atoms with Crippen molar-refractivity contribution < 1.29 is 0 Å². The zero-order valence-electron chi connectivity index (χ0n) is 8.97. The van der Waals surface area contributed by atoms with Gasteiger partial charge in [-0.2, -0.15) is 0 Å². The summed E-state index contributed by atoms with van der Waals surface area (Å²) in [5.74, 6) is 2.24. The molecule has 0 amide bonds. The van der Waals surface area contributed by atoms with Crippen LogP contribution in [0.25, 0.3) is 0 Å². The monoisotopic (exact) mass is 181 g/mol. The van der Waals surface area contributed by atoms with Gasteiger partial charge < -0.3 is 4.90 Å². The molecule has 1 saturated heterocycles. The van der Waals surface area contributed by atoms with E-state index in [9.17, 15) is 0 Å². The van der Waals surface area contributed by atoms with Gasteiger partial charge in [0.15, 0.2) is 0 Å². The summed E-state index contributed by atoms with van der Waals surface area (Å²) in [6.45, 7) is 6.53. The van der Waals surface area contributed by atoms with Crippen molar-refractivity contribution >= 4 is 0 Å². The van der Waals surface area contributed by atoms with E-state index in [0.29, 0.717) is 0 Å². The molecule has 1 aliphatic carbocycles. The number of likely N-dealkylation sites (tertiary alicyclic amines) is 1. The molecule has 2 rings (SSSR count). The van der Waals surface area contributed by atoms with Crippen LogP contribution >= 0.6 is 0 Å². The number of nitrogens with zero attached hydrogens (tertiary/aromatic N) is 1. The maximum atomic E-state index is 2.69. The molecule has 0 aromatic rings. The fourth-order valence-corrected chi connectivity index (χ4v) is 2.62. The topological polar surface area (TPSA) is 3.24 Å². The molecule has 0 radical (unpaired) electrons. The molecule has 2 fully saturated rings. The Kier molecular flexibility index (Phi) is 3.26. The number of unbranched alkanes of at least 4 members (excludes halogenated alkanes) is 4. The first-order valence-electron chi connectivity index (χ1n) is 6.12. The largest absolute Gasteiger partial charge is 0.303 e. The highest BCUT2D eigenvalue weighted by Gasteiger charge is 2.44. The van der Waals surface area contributed by atoms with Crippen LogP contribution in [0.2, 0.25) is 0 Å². The van der Waals surface area contributed by atoms with E-state index in [1.807, 2.05) is 0 Å². The van der Waals surface area contributed by atoms with Crippen molar-refractivity contribution in [3.05, 3.63) is 0 Å². The molecule has 0 aromatic heterocycles. The Morgan fingerprint density at radius 2 is 1.69 bits per heavy atom. The van der Waals surface area contributed by atoms with E-state index >= 15 is 0 Å². The van der Waals surface area contributed by atoms with Crippen LogP contribution in [0.4, 0.5) is 0 Å². The SMILES string of the molecule is CCCCCCCN1CC2CC2C1. The van der Waals surface area contributed by atoms with Crippen molar-refractivity contribution in [2.24, 2.45) is 11.8 Å². The van der Waals surface area contributed by atoms with Crippen molar-refractivity contribution in [1.82, 2.24) is 4.90 Å². The molecule has 13 heavy (non-hydrogen) atoms. The maximum absolute atomic E-state index is 2.69. The van der Waals surface area contributed by atoms with Crippen LogP contribution in [-0.4, -0.2) is 24.5 Å². The number of hydrogen-bond acceptors (Lipinski definition) is 1. The standard InChI is InChI=1S/C12H23N/c1-2-3-4-5-6-7-13-9-11-8-12(11)10-13/h11-12H,2-10H2,1H3. The lowest BCUT2D eigenvalue weighted by molar-refractivity contribution is 0.296. The molecule has 0 N–H and O–H groups in total. The summed E-state index contributed by atoms with van der Waals surface area (Å²) in [6, 6.07) is 0. The first-order chi connectivity index (χ1) is 6.40. The molecule has 0 spiro atoms. The summed E-state index contributed by atoms with van der Waals surface area (Å²) in [5.41, 5.74) is 0. The smallest absolute Gasteiger partial charge is 0.00130 e. The number of piperidine rings is 1. The Labute approximate surface area is 82.5 Å². The van der Waals surface area contributed by atoms with Gasteiger partial charge in [-0.1, -0.05) is 32.6 Å². The Hall–Kier alpha value is -0.0400. The quantitative estimate of drug-likeness (QED) is 0.569. The van der Waals surface area contributed by atoms with Crippen LogP contribution in [0.3, 0.4) is 0 Å². The lowest BCUT2D eigenvalue weighted by Crippen LogP contribution is -2.23. The van der Waals surface area contributed by atoms with Gasteiger partial charge in [0.2, 0.25) is 0 Å². The van der Waals surface area contributed by atoms with E-state index in [1.54, 1.807) is 6.42 Å². The summed E-state index contributed by atoms with van der Waals surface area (Å²) < 4.78 is 0. The fourth-order valence-electron chi connectivity index (χ4n) is 2.62. The second-order valence-electron chi connectivity index (χ2n) is 4.93. The van der Waals surface area contributed by atoms with Crippen LogP contribution < -0.4 is 0 Å². The summed E-state index contributed by atoms with van der Waals surface area (Å²) in [6.07, 6.45) is 8.71. The number of rotatable bonds is 6. The molecule has 2 atom stereocenters. The van der Waals surface area contributed by atoms with Crippen LogP contribution in [0, 0.1) is 11.8 Å². The van der Waals surface area contributed by atoms with Gasteiger partial charge in [0.1, 0.15) is 0 Å². The van der Waals surface area contributed by atoms with Gasteiger partial charge in [-0.3, -0.25) is 0 Å². The third-order valence-corrected chi connectivity index (χ3v) is 3.63. The minimum atomic E-state index is 1.12. The molecule has 0 bridgehead atoms. The third kappa shape index (κ3) is 2.70. The van der Waals surface area contributed by atoms with Gasteiger partial charge in [-0.15, -0.1) is 0 Å². The predicted molar refractivity (Wildman–Crippen MR) is 56.8 cm³/mol. The van der Waals surface area contributed by atoms with Crippen LogP contribution in [-0.2, 0) is 0 Å². The normalized spacial score (nSPS) is 32.1. The molecule has 1 heteroatoms. The average Bonchev–Trinajstić information content (AvgIpc) is 2.74. The lowest BCUT2D eigenvalue weighted by atomic mass is 10.1. The second-order valence-corrected chi connectivity index (χ2v) is 4.93. The highest BCUT2D eigenvalue weighted by molar-refractivity contribution is 4.96. The Morgan fingerprint density at radius 3 is 2.38 bits per heavy atom. The minimum Gasteiger partial charge on any atom is -0.303 e. The molecule has 2 unspecified atom stereocenters. The minimum absolute atomic E-state index is 1.12. The molecular weight excluding hydrogens is 158 g/mol. The molecule has 1 nitrogen and oxygen atoms in total. The maximum Gasteiger partial charge on any atom is 0.00130 e. The fraction of sp³-hybridized carbons (Fsp3) is 1.00. The molecule has 0 aromatic carbocycles.